The van der Waals surface area contributed by atoms with Crippen molar-refractivity contribution in [1.82, 2.24) is 4.98 Å². The third kappa shape index (κ3) is 2.75. The number of nitrogens with one attached hydrogen (secondary N) is 1. The van der Waals surface area contributed by atoms with E-state index in [1.54, 1.807) is 18.2 Å². The average molecular weight is 312 g/mol. The van der Waals surface area contributed by atoms with E-state index in [1.165, 1.54) is 6.20 Å². The van der Waals surface area contributed by atoms with Crippen LogP contribution in [0.4, 0.5) is 10.1 Å². The smallest absolute Gasteiger partial charge is 0.258 e. The van der Waals surface area contributed by atoms with Gasteiger partial charge in [-0.05, 0) is 33.2 Å². The Labute approximate surface area is 109 Å². The van der Waals surface area contributed by atoms with Crippen LogP contribution < -0.4 is 5.32 Å². The van der Waals surface area contributed by atoms with Gasteiger partial charge in [0.25, 0.3) is 5.91 Å². The number of halogens is 1. The second-order valence-electron chi connectivity index (χ2n) is 3.03. The Balaban J connectivity index is 2.17. The summed E-state index contributed by atoms with van der Waals surface area (Å²) in [6, 6.07) is 7.04. The molecule has 5 nitrogen and oxygen atoms in total. The number of carbonyl (C=O) groups is 1. The van der Waals surface area contributed by atoms with E-state index in [1.807, 2.05) is 6.07 Å². The van der Waals surface area contributed by atoms with Crippen molar-refractivity contribution in [3.8, 4) is 0 Å². The molecule has 17 heavy (non-hydrogen) atoms. The molecule has 86 valence electrons. The zero-order valence-electron chi connectivity index (χ0n) is 8.38. The molecule has 0 aliphatic rings. The first-order valence-corrected chi connectivity index (χ1v) is 6.16. The first-order chi connectivity index (χ1) is 8.20. The van der Waals surface area contributed by atoms with Gasteiger partial charge in [0.05, 0.1) is 11.8 Å². The summed E-state index contributed by atoms with van der Waals surface area (Å²) in [5, 5.41) is 5.90. The number of benzene rings is 1. The van der Waals surface area contributed by atoms with Gasteiger partial charge in [-0.25, -0.2) is 4.98 Å². The molecule has 1 aromatic carbocycles. The fraction of sp³-hybridized carbons (Fsp3) is 0. The number of nitrogens with zero attached hydrogens (tertiary/aromatic N) is 2. The fourth-order valence-corrected chi connectivity index (χ4v) is 2.23. The molecule has 0 unspecified atom stereocenters. The molecule has 1 heterocycles. The molecule has 0 bridgehead atoms. The zero-order chi connectivity index (χ0) is 12.3. The molecule has 0 fully saturated rings. The van der Waals surface area contributed by atoms with Crippen LogP contribution in [0.2, 0.25) is 0 Å². The molecule has 0 aliphatic heterocycles. The summed E-state index contributed by atoms with van der Waals surface area (Å²) in [6.45, 7) is 0. The molecule has 1 amide bonds. The van der Waals surface area contributed by atoms with Crippen LogP contribution in [0.1, 0.15) is 10.4 Å². The molecule has 0 saturated carbocycles. The summed E-state index contributed by atoms with van der Waals surface area (Å²) in [7, 11) is 0. The second-order valence-corrected chi connectivity index (χ2v) is 4.89. The quantitative estimate of drug-likeness (QED) is 0.881. The monoisotopic (exact) mass is 311 g/mol. The van der Waals surface area contributed by atoms with Crippen LogP contribution in [-0.2, 0) is 0 Å². The number of amides is 1. The van der Waals surface area contributed by atoms with Crippen LogP contribution in [0, 0.1) is 4.91 Å². The predicted octanol–water partition coefficient (Wildman–Crippen LogP) is 3.56. The lowest BCUT2D eigenvalue weighted by atomic mass is 10.2. The lowest BCUT2D eigenvalue weighted by molar-refractivity contribution is 0.102. The van der Waals surface area contributed by atoms with Crippen LogP contribution in [0.25, 0.3) is 0 Å². The minimum atomic E-state index is -0.288. The highest BCUT2D eigenvalue weighted by molar-refractivity contribution is 9.10. The number of aromatic nitrogens is 1. The highest BCUT2D eigenvalue weighted by Crippen LogP contribution is 2.26. The van der Waals surface area contributed by atoms with Gasteiger partial charge >= 0.3 is 0 Å². The Bertz CT molecular complexity index is 570. The summed E-state index contributed by atoms with van der Waals surface area (Å²) < 4.78 is 0.697. The number of hydrogen-bond donors (Lipinski definition) is 1. The van der Waals surface area contributed by atoms with Gasteiger partial charge in [0.15, 0.2) is 10.1 Å². The first-order valence-electron chi connectivity index (χ1n) is 4.56. The number of rotatable bonds is 3. The van der Waals surface area contributed by atoms with E-state index in [-0.39, 0.29) is 10.9 Å². The standard InChI is InChI=1S/C10H6BrN3O2S/c11-7-4-2-1-3-6(7)9(15)13-10-12-5-8(14-16)17-10/h1-5H,(H,12,13,15). The third-order valence-electron chi connectivity index (χ3n) is 1.92. The molecular weight excluding hydrogens is 306 g/mol. The summed E-state index contributed by atoms with van der Waals surface area (Å²) in [4.78, 5) is 25.9. The number of anilines is 1. The van der Waals surface area contributed by atoms with Gasteiger partial charge < -0.3 is 0 Å². The molecule has 0 saturated heterocycles. The topological polar surface area (TPSA) is 71.4 Å². The number of carbonyl (C=O) groups excluding carboxylic acids is 1. The normalized spacial score (nSPS) is 9.94. The summed E-state index contributed by atoms with van der Waals surface area (Å²) in [6.07, 6.45) is 1.31. The molecular formula is C10H6BrN3O2S. The first kappa shape index (κ1) is 11.9. The van der Waals surface area contributed by atoms with E-state index in [2.05, 4.69) is 31.4 Å². The SMILES string of the molecule is O=Nc1cnc(NC(=O)c2ccccc2Br)s1. The third-order valence-corrected chi connectivity index (χ3v) is 3.40. The van der Waals surface area contributed by atoms with E-state index in [9.17, 15) is 9.70 Å². The maximum atomic E-state index is 11.8. The molecule has 7 heteroatoms. The largest absolute Gasteiger partial charge is 0.298 e. The van der Waals surface area contributed by atoms with Crippen molar-refractivity contribution < 1.29 is 4.79 Å². The van der Waals surface area contributed by atoms with Gasteiger partial charge in [-0.1, -0.05) is 23.5 Å². The van der Waals surface area contributed by atoms with Gasteiger partial charge in [0.2, 0.25) is 0 Å². The van der Waals surface area contributed by atoms with Gasteiger partial charge in [0.1, 0.15) is 0 Å². The maximum absolute atomic E-state index is 11.8. The highest BCUT2D eigenvalue weighted by Gasteiger charge is 2.11. The minimum Gasteiger partial charge on any atom is -0.298 e. The second kappa shape index (κ2) is 5.15. The molecule has 1 aromatic heterocycles. The van der Waals surface area contributed by atoms with Gasteiger partial charge in [-0.3, -0.25) is 10.1 Å². The van der Waals surface area contributed by atoms with Crippen molar-refractivity contribution in [2.75, 3.05) is 5.32 Å². The van der Waals surface area contributed by atoms with Crippen molar-refractivity contribution in [3.05, 3.63) is 45.4 Å². The van der Waals surface area contributed by atoms with Crippen LogP contribution in [-0.4, -0.2) is 10.9 Å². The lowest BCUT2D eigenvalue weighted by Gasteiger charge is -2.03. The minimum absolute atomic E-state index is 0.229. The Hall–Kier alpha value is -1.60. The summed E-state index contributed by atoms with van der Waals surface area (Å²) in [5.41, 5.74) is 0.503. The molecule has 2 aromatic rings. The van der Waals surface area contributed by atoms with Crippen molar-refractivity contribution in [2.45, 2.75) is 0 Å². The number of thiazole rings is 1. The van der Waals surface area contributed by atoms with Crippen molar-refractivity contribution >= 4 is 43.3 Å². The fourth-order valence-electron chi connectivity index (χ4n) is 1.18. The van der Waals surface area contributed by atoms with Crippen molar-refractivity contribution in [1.29, 1.82) is 0 Å². The molecule has 2 rings (SSSR count). The van der Waals surface area contributed by atoms with Crippen molar-refractivity contribution in [3.63, 3.8) is 0 Å². The van der Waals surface area contributed by atoms with Crippen LogP contribution >= 0.6 is 27.3 Å². The van der Waals surface area contributed by atoms with E-state index >= 15 is 0 Å². The van der Waals surface area contributed by atoms with Crippen LogP contribution in [0.3, 0.4) is 0 Å². The summed E-state index contributed by atoms with van der Waals surface area (Å²) in [5.74, 6) is -0.288. The Morgan fingerprint density at radius 1 is 1.41 bits per heavy atom. The van der Waals surface area contributed by atoms with Gasteiger partial charge in [0, 0.05) is 4.47 Å². The van der Waals surface area contributed by atoms with E-state index in [4.69, 9.17) is 0 Å². The van der Waals surface area contributed by atoms with E-state index < -0.39 is 0 Å². The van der Waals surface area contributed by atoms with Crippen molar-refractivity contribution in [2.24, 2.45) is 5.18 Å². The highest BCUT2D eigenvalue weighted by atomic mass is 79.9. The molecule has 0 atom stereocenters. The molecule has 0 radical (unpaired) electrons. The number of hydrogen-bond acceptors (Lipinski definition) is 5. The Morgan fingerprint density at radius 2 is 2.18 bits per heavy atom. The van der Waals surface area contributed by atoms with Gasteiger partial charge in [-0.2, -0.15) is 0 Å². The Kier molecular flexibility index (Phi) is 3.60. The Morgan fingerprint density at radius 3 is 2.82 bits per heavy atom. The van der Waals surface area contributed by atoms with E-state index in [0.717, 1.165) is 11.3 Å². The van der Waals surface area contributed by atoms with E-state index in [0.29, 0.717) is 15.2 Å². The maximum Gasteiger partial charge on any atom is 0.258 e. The summed E-state index contributed by atoms with van der Waals surface area (Å²) >= 11 is 4.31. The lowest BCUT2D eigenvalue weighted by Crippen LogP contribution is -2.12. The molecule has 0 aliphatic carbocycles. The van der Waals surface area contributed by atoms with Crippen LogP contribution in [0.15, 0.2) is 40.1 Å². The van der Waals surface area contributed by atoms with Gasteiger partial charge in [-0.15, -0.1) is 4.91 Å². The van der Waals surface area contributed by atoms with Crippen LogP contribution in [0.5, 0.6) is 0 Å². The predicted molar refractivity (Wildman–Crippen MR) is 69.7 cm³/mol. The molecule has 1 N–H and O–H groups in total. The average Bonchev–Trinajstić information content (AvgIpc) is 2.77. The molecule has 0 spiro atoms. The number of nitroso groups, excluding NO2 is 1. The zero-order valence-corrected chi connectivity index (χ0v) is 10.8.